The van der Waals surface area contributed by atoms with Crippen molar-refractivity contribution in [2.45, 2.75) is 13.3 Å². The maximum Gasteiger partial charge on any atom is 0.241 e. The van der Waals surface area contributed by atoms with Crippen LogP contribution in [0.3, 0.4) is 0 Å². The second-order valence-corrected chi connectivity index (χ2v) is 5.94. The summed E-state index contributed by atoms with van der Waals surface area (Å²) in [5.74, 6) is 0.265. The molecule has 0 aliphatic carbocycles. The van der Waals surface area contributed by atoms with Crippen molar-refractivity contribution in [3.8, 4) is 0 Å². The number of carbonyl (C=O) groups is 1. The Labute approximate surface area is 95.6 Å². The summed E-state index contributed by atoms with van der Waals surface area (Å²) in [7, 11) is -2.56. The molecule has 0 spiro atoms. The number of amides is 1. The minimum Gasteiger partial charge on any atom is -0.273 e. The van der Waals surface area contributed by atoms with Crippen LogP contribution >= 0.6 is 0 Å². The van der Waals surface area contributed by atoms with Crippen molar-refractivity contribution in [1.29, 1.82) is 0 Å². The van der Waals surface area contributed by atoms with Crippen molar-refractivity contribution in [3.63, 3.8) is 0 Å². The van der Waals surface area contributed by atoms with Crippen molar-refractivity contribution in [2.75, 3.05) is 16.6 Å². The van der Waals surface area contributed by atoms with E-state index in [0.717, 1.165) is 0 Å². The minimum atomic E-state index is -2.56. The monoisotopic (exact) mass is 238 g/mol. The second kappa shape index (κ2) is 4.25. The third-order valence-electron chi connectivity index (χ3n) is 2.50. The van der Waals surface area contributed by atoms with Gasteiger partial charge in [-0.15, -0.1) is 0 Å². The molecule has 0 saturated heterocycles. The number of rotatable bonds is 2. The van der Waals surface area contributed by atoms with E-state index in [1.165, 1.54) is 4.31 Å². The average Bonchev–Trinajstić information content (AvgIpc) is 2.30. The number of para-hydroxylation sites is 1. The Morgan fingerprint density at radius 1 is 1.38 bits per heavy atom. The number of hydrogen-bond donors (Lipinski definition) is 0. The van der Waals surface area contributed by atoms with Crippen LogP contribution in [-0.2, 0) is 14.7 Å². The zero-order chi connectivity index (χ0) is 11.6. The normalized spacial score (nSPS) is 25.3. The lowest BCUT2D eigenvalue weighted by molar-refractivity contribution is -0.117. The molecule has 1 atom stereocenters. The van der Waals surface area contributed by atoms with Gasteiger partial charge in [0.25, 0.3) is 0 Å². The maximum absolute atomic E-state index is 12.5. The second-order valence-electron chi connectivity index (χ2n) is 3.52. The van der Waals surface area contributed by atoms with Crippen LogP contribution in [0.1, 0.15) is 13.3 Å². The summed E-state index contributed by atoms with van der Waals surface area (Å²) in [4.78, 5) is 11.9. The summed E-state index contributed by atoms with van der Waals surface area (Å²) in [5.41, 5.74) is 0.669. The Balaban J connectivity index is 2.53. The lowest BCUT2D eigenvalue weighted by atomic mass is 10.3. The van der Waals surface area contributed by atoms with Crippen LogP contribution < -0.4 is 4.31 Å². The van der Waals surface area contributed by atoms with E-state index in [1.54, 1.807) is 19.1 Å². The van der Waals surface area contributed by atoms with Crippen LogP contribution in [-0.4, -0.2) is 22.4 Å². The third-order valence-corrected chi connectivity index (χ3v) is 4.82. The average molecular weight is 238 g/mol. The van der Waals surface area contributed by atoms with E-state index >= 15 is 0 Å². The third kappa shape index (κ3) is 1.82. The highest BCUT2D eigenvalue weighted by atomic mass is 32.2. The first kappa shape index (κ1) is 11.1. The molecule has 0 fully saturated rings. The van der Waals surface area contributed by atoms with Crippen LogP contribution in [0.5, 0.6) is 0 Å². The highest BCUT2D eigenvalue weighted by Gasteiger charge is 2.28. The Kier molecular flexibility index (Phi) is 2.96. The largest absolute Gasteiger partial charge is 0.273 e. The molecule has 1 heterocycles. The van der Waals surface area contributed by atoms with Gasteiger partial charge in [0, 0.05) is 12.2 Å². The van der Waals surface area contributed by atoms with Crippen molar-refractivity contribution < 1.29 is 9.00 Å². The molecule has 2 rings (SSSR count). The van der Waals surface area contributed by atoms with E-state index in [4.69, 9.17) is 0 Å². The number of carbonyl (C=O) groups excluding carboxylic acids is 1. The summed E-state index contributed by atoms with van der Waals surface area (Å²) < 4.78 is 17.9. The summed E-state index contributed by atoms with van der Waals surface area (Å²) in [6.45, 7) is 2.16. The molecule has 1 aliphatic heterocycles. The van der Waals surface area contributed by atoms with Crippen LogP contribution in [0.25, 0.3) is 0 Å². The fourth-order valence-corrected chi connectivity index (χ4v) is 3.49. The molecule has 4 nitrogen and oxygen atoms in total. The first-order valence-electron chi connectivity index (χ1n) is 5.26. The molecule has 0 N–H and O–H groups in total. The van der Waals surface area contributed by atoms with Gasteiger partial charge in [-0.05, 0) is 12.1 Å². The molecule has 1 aromatic carbocycles. The van der Waals surface area contributed by atoms with E-state index in [9.17, 15) is 9.00 Å². The molecule has 1 aliphatic rings. The summed E-state index contributed by atoms with van der Waals surface area (Å²) >= 11 is 0. The van der Waals surface area contributed by atoms with E-state index in [2.05, 4.69) is 4.36 Å². The van der Waals surface area contributed by atoms with Crippen molar-refractivity contribution in [1.82, 2.24) is 0 Å². The predicted octanol–water partition coefficient (Wildman–Crippen LogP) is 1.83. The minimum absolute atomic E-state index is 0.104. The standard InChI is InChI=1S/C11H14N2O2S/c1-2-16(15)12-9-8-11(14)13(16)10-6-4-3-5-7-10/h3-7H,2,8-9H2,1H3. The molecule has 0 saturated carbocycles. The van der Waals surface area contributed by atoms with Gasteiger partial charge in [-0.3, -0.25) is 4.79 Å². The first-order chi connectivity index (χ1) is 7.67. The Hall–Kier alpha value is -1.36. The number of hydrogen-bond acceptors (Lipinski definition) is 3. The van der Waals surface area contributed by atoms with Gasteiger partial charge in [-0.2, -0.15) is 0 Å². The first-order valence-corrected chi connectivity index (χ1v) is 6.90. The lowest BCUT2D eigenvalue weighted by Crippen LogP contribution is -2.41. The predicted molar refractivity (Wildman–Crippen MR) is 64.5 cm³/mol. The van der Waals surface area contributed by atoms with Gasteiger partial charge in [0.15, 0.2) is 0 Å². The van der Waals surface area contributed by atoms with E-state index in [1.807, 2.05) is 18.2 Å². The molecular weight excluding hydrogens is 224 g/mol. The SMILES string of the molecule is CCS1(=O)=NCCC(=O)N1c1ccccc1. The molecule has 16 heavy (non-hydrogen) atoms. The molecule has 0 bridgehead atoms. The van der Waals surface area contributed by atoms with Gasteiger partial charge in [0.2, 0.25) is 5.91 Å². The van der Waals surface area contributed by atoms with Crippen molar-refractivity contribution in [2.24, 2.45) is 4.36 Å². The molecule has 0 radical (unpaired) electrons. The zero-order valence-electron chi connectivity index (χ0n) is 9.13. The van der Waals surface area contributed by atoms with Crippen molar-refractivity contribution in [3.05, 3.63) is 30.3 Å². The van der Waals surface area contributed by atoms with Crippen LogP contribution in [0.15, 0.2) is 34.7 Å². The number of anilines is 1. The van der Waals surface area contributed by atoms with Crippen LogP contribution in [0, 0.1) is 0 Å². The van der Waals surface area contributed by atoms with E-state index in [0.29, 0.717) is 24.4 Å². The maximum atomic E-state index is 12.5. The molecule has 0 aromatic heterocycles. The van der Waals surface area contributed by atoms with Gasteiger partial charge >= 0.3 is 0 Å². The van der Waals surface area contributed by atoms with Gasteiger partial charge in [-0.1, -0.05) is 25.1 Å². The summed E-state index contributed by atoms with van der Waals surface area (Å²) in [6.07, 6.45) is 0.339. The Morgan fingerprint density at radius 3 is 2.69 bits per heavy atom. The summed E-state index contributed by atoms with van der Waals surface area (Å²) in [5, 5.41) is 0. The van der Waals surface area contributed by atoms with E-state index < -0.39 is 9.92 Å². The van der Waals surface area contributed by atoms with Crippen LogP contribution in [0.4, 0.5) is 5.69 Å². The highest BCUT2D eigenvalue weighted by Crippen LogP contribution is 2.23. The molecule has 86 valence electrons. The fraction of sp³-hybridized carbons (Fsp3) is 0.364. The quantitative estimate of drug-likeness (QED) is 0.789. The van der Waals surface area contributed by atoms with Gasteiger partial charge in [-0.25, -0.2) is 12.9 Å². The molecular formula is C11H14N2O2S. The highest BCUT2D eigenvalue weighted by molar-refractivity contribution is 7.95. The van der Waals surface area contributed by atoms with Gasteiger partial charge in [0.1, 0.15) is 9.92 Å². The number of benzene rings is 1. The number of nitrogens with zero attached hydrogens (tertiary/aromatic N) is 2. The summed E-state index contributed by atoms with van der Waals surface area (Å²) in [6, 6.07) is 9.09. The van der Waals surface area contributed by atoms with Gasteiger partial charge in [0.05, 0.1) is 12.2 Å². The van der Waals surface area contributed by atoms with Crippen molar-refractivity contribution >= 4 is 21.5 Å². The molecule has 1 unspecified atom stereocenters. The lowest BCUT2D eigenvalue weighted by Gasteiger charge is -2.28. The molecule has 1 amide bonds. The van der Waals surface area contributed by atoms with Gasteiger partial charge < -0.3 is 0 Å². The zero-order valence-corrected chi connectivity index (χ0v) is 9.94. The topological polar surface area (TPSA) is 49.7 Å². The van der Waals surface area contributed by atoms with E-state index in [-0.39, 0.29) is 5.91 Å². The smallest absolute Gasteiger partial charge is 0.241 e. The molecule has 5 heteroatoms. The Morgan fingerprint density at radius 2 is 2.06 bits per heavy atom. The molecule has 1 aromatic rings. The van der Waals surface area contributed by atoms with Crippen LogP contribution in [0.2, 0.25) is 0 Å². The fourth-order valence-electron chi connectivity index (χ4n) is 1.69. The Bertz CT molecular complexity index is 504.